The molecule has 0 N–H and O–H groups in total. The molecule has 0 unspecified atom stereocenters. The molecule has 2 aromatic carbocycles. The molecule has 2 aromatic rings. The van der Waals surface area contributed by atoms with E-state index in [-0.39, 0.29) is 5.91 Å². The lowest BCUT2D eigenvalue weighted by Crippen LogP contribution is -2.26. The van der Waals surface area contributed by atoms with Gasteiger partial charge in [-0.3, -0.25) is 9.69 Å². The van der Waals surface area contributed by atoms with Gasteiger partial charge in [0.25, 0.3) is 5.91 Å². The van der Waals surface area contributed by atoms with E-state index in [2.05, 4.69) is 15.9 Å². The lowest BCUT2D eigenvalue weighted by Gasteiger charge is -2.15. The second-order valence-electron chi connectivity index (χ2n) is 6.26. The molecular weight excluding hydrogens is 440 g/mol. The van der Waals surface area contributed by atoms with Crippen LogP contribution in [0, 0.1) is 0 Å². The Morgan fingerprint density at radius 3 is 2.36 bits per heavy atom. The third-order valence-electron chi connectivity index (χ3n) is 4.35. The van der Waals surface area contributed by atoms with Crippen molar-refractivity contribution in [2.75, 3.05) is 20.7 Å². The first-order valence-electron chi connectivity index (χ1n) is 8.83. The molecule has 1 aliphatic rings. The molecule has 5 nitrogen and oxygen atoms in total. The first-order chi connectivity index (χ1) is 13.4. The van der Waals surface area contributed by atoms with Crippen LogP contribution in [0.2, 0.25) is 0 Å². The first kappa shape index (κ1) is 20.4. The third kappa shape index (κ3) is 4.20. The second-order valence-corrected chi connectivity index (χ2v) is 7.48. The number of rotatable bonds is 6. The van der Waals surface area contributed by atoms with Gasteiger partial charge in [0.1, 0.15) is 12.3 Å². The minimum absolute atomic E-state index is 0.137. The van der Waals surface area contributed by atoms with Gasteiger partial charge in [-0.1, -0.05) is 46.3 Å². The minimum Gasteiger partial charge on any atom is -0.490 e. The van der Waals surface area contributed by atoms with Crippen LogP contribution in [0.5, 0.6) is 11.5 Å². The number of nitrogens with zero attached hydrogens (tertiary/aromatic N) is 2. The van der Waals surface area contributed by atoms with E-state index in [4.69, 9.17) is 21.7 Å². The number of hydrogen-bond acceptors (Lipinski definition) is 4. The van der Waals surface area contributed by atoms with Crippen LogP contribution < -0.4 is 9.47 Å². The third-order valence-corrected chi connectivity index (χ3v) is 5.59. The van der Waals surface area contributed by atoms with E-state index in [0.29, 0.717) is 35.5 Å². The summed E-state index contributed by atoms with van der Waals surface area (Å²) in [5, 5.41) is 0.472. The fourth-order valence-corrected chi connectivity index (χ4v) is 3.43. The van der Waals surface area contributed by atoms with Gasteiger partial charge in [0.15, 0.2) is 16.6 Å². The highest BCUT2D eigenvalue weighted by molar-refractivity contribution is 9.10. The van der Waals surface area contributed by atoms with E-state index < -0.39 is 0 Å². The van der Waals surface area contributed by atoms with Crippen LogP contribution in [0.15, 0.2) is 52.6 Å². The molecule has 0 aliphatic carbocycles. The summed E-state index contributed by atoms with van der Waals surface area (Å²) in [6, 6.07) is 13.7. The standard InChI is InChI=1S/C21H21BrN2O3S/c1-4-26-18-11-15(10-17-20(25)24(3)21(28)23(17)2)16(22)12-19(18)27-13-14-8-6-5-7-9-14/h5-12H,4,13H2,1-3H3. The summed E-state index contributed by atoms with van der Waals surface area (Å²) in [4.78, 5) is 15.6. The van der Waals surface area contributed by atoms with Crippen molar-refractivity contribution in [2.24, 2.45) is 0 Å². The molecule has 1 saturated heterocycles. The van der Waals surface area contributed by atoms with Gasteiger partial charge in [0.2, 0.25) is 0 Å². The molecule has 3 rings (SSSR count). The largest absolute Gasteiger partial charge is 0.490 e. The molecule has 0 atom stereocenters. The molecule has 0 radical (unpaired) electrons. The van der Waals surface area contributed by atoms with Gasteiger partial charge in [-0.2, -0.15) is 0 Å². The summed E-state index contributed by atoms with van der Waals surface area (Å²) in [5.41, 5.74) is 2.39. The Morgan fingerprint density at radius 1 is 1.07 bits per heavy atom. The van der Waals surface area contributed by atoms with Crippen LogP contribution in [-0.4, -0.2) is 41.5 Å². The molecule has 1 heterocycles. The SMILES string of the molecule is CCOc1cc(C=C2C(=O)N(C)C(=S)N2C)c(Br)cc1OCc1ccccc1. The van der Waals surface area contributed by atoms with E-state index in [0.717, 1.165) is 15.6 Å². The molecule has 0 saturated carbocycles. The summed E-state index contributed by atoms with van der Waals surface area (Å²) in [7, 11) is 3.45. The van der Waals surface area contributed by atoms with Crippen molar-refractivity contribution in [3.63, 3.8) is 0 Å². The van der Waals surface area contributed by atoms with E-state index in [1.165, 1.54) is 4.90 Å². The smallest absolute Gasteiger partial charge is 0.276 e. The van der Waals surface area contributed by atoms with Crippen molar-refractivity contribution >= 4 is 45.2 Å². The number of thiocarbonyl (C=S) groups is 1. The number of ether oxygens (including phenoxy) is 2. The van der Waals surface area contributed by atoms with Crippen molar-refractivity contribution in [1.82, 2.24) is 9.80 Å². The zero-order valence-electron chi connectivity index (χ0n) is 15.9. The van der Waals surface area contributed by atoms with Crippen LogP contribution >= 0.6 is 28.1 Å². The van der Waals surface area contributed by atoms with E-state index in [1.807, 2.05) is 49.4 Å². The van der Waals surface area contributed by atoms with Crippen LogP contribution in [0.25, 0.3) is 6.08 Å². The number of carbonyl (C=O) groups is 1. The summed E-state index contributed by atoms with van der Waals surface area (Å²) < 4.78 is 12.5. The Kier molecular flexibility index (Phi) is 6.36. The van der Waals surface area contributed by atoms with Gasteiger partial charge in [-0.25, -0.2) is 0 Å². The van der Waals surface area contributed by atoms with Crippen LogP contribution in [0.1, 0.15) is 18.1 Å². The summed E-state index contributed by atoms with van der Waals surface area (Å²) >= 11 is 8.85. The zero-order chi connectivity index (χ0) is 20.3. The number of benzene rings is 2. The van der Waals surface area contributed by atoms with Gasteiger partial charge in [-0.05, 0) is 48.5 Å². The molecular formula is C21H21BrN2O3S. The Hall–Kier alpha value is -2.38. The maximum atomic E-state index is 12.4. The molecule has 0 spiro atoms. The highest BCUT2D eigenvalue weighted by atomic mass is 79.9. The van der Waals surface area contributed by atoms with Crippen LogP contribution in [0.4, 0.5) is 0 Å². The van der Waals surface area contributed by atoms with Gasteiger partial charge in [0.05, 0.1) is 6.61 Å². The molecule has 0 aromatic heterocycles. The molecule has 1 aliphatic heterocycles. The predicted octanol–water partition coefficient (Wildman–Crippen LogP) is 4.46. The Labute approximate surface area is 178 Å². The van der Waals surface area contributed by atoms with Gasteiger partial charge < -0.3 is 14.4 Å². The average Bonchev–Trinajstić information content (AvgIpc) is 2.88. The van der Waals surface area contributed by atoms with Crippen molar-refractivity contribution < 1.29 is 14.3 Å². The number of amides is 1. The number of likely N-dealkylation sites (N-methyl/N-ethyl adjacent to an activating group) is 2. The highest BCUT2D eigenvalue weighted by Gasteiger charge is 2.32. The Morgan fingerprint density at radius 2 is 1.75 bits per heavy atom. The van der Waals surface area contributed by atoms with Crippen molar-refractivity contribution in [3.05, 3.63) is 63.8 Å². The quantitative estimate of drug-likeness (QED) is 0.470. The number of hydrogen-bond donors (Lipinski definition) is 0. The number of halogens is 1. The maximum absolute atomic E-state index is 12.4. The normalized spacial score (nSPS) is 15.5. The summed E-state index contributed by atoms with van der Waals surface area (Å²) in [6.07, 6.45) is 1.80. The van der Waals surface area contributed by atoms with Gasteiger partial charge in [0, 0.05) is 18.6 Å². The average molecular weight is 461 g/mol. The first-order valence-corrected chi connectivity index (χ1v) is 10.0. The van der Waals surface area contributed by atoms with Gasteiger partial charge >= 0.3 is 0 Å². The maximum Gasteiger partial charge on any atom is 0.276 e. The van der Waals surface area contributed by atoms with Crippen molar-refractivity contribution in [3.8, 4) is 11.5 Å². The zero-order valence-corrected chi connectivity index (χ0v) is 18.3. The highest BCUT2D eigenvalue weighted by Crippen LogP contribution is 2.36. The lowest BCUT2D eigenvalue weighted by molar-refractivity contribution is -0.121. The minimum atomic E-state index is -0.137. The van der Waals surface area contributed by atoms with Gasteiger partial charge in [-0.15, -0.1) is 0 Å². The Balaban J connectivity index is 1.91. The number of carbonyl (C=O) groups excluding carboxylic acids is 1. The fourth-order valence-electron chi connectivity index (χ4n) is 2.81. The Bertz CT molecular complexity index is 931. The molecule has 7 heteroatoms. The molecule has 28 heavy (non-hydrogen) atoms. The molecule has 1 amide bonds. The van der Waals surface area contributed by atoms with E-state index in [9.17, 15) is 4.79 Å². The second kappa shape index (κ2) is 8.75. The van der Waals surface area contributed by atoms with Crippen LogP contribution in [-0.2, 0) is 11.4 Å². The lowest BCUT2D eigenvalue weighted by atomic mass is 10.1. The van der Waals surface area contributed by atoms with E-state index in [1.54, 1.807) is 25.1 Å². The molecule has 146 valence electrons. The summed E-state index contributed by atoms with van der Waals surface area (Å²) in [6.45, 7) is 2.86. The summed E-state index contributed by atoms with van der Waals surface area (Å²) in [5.74, 6) is 1.12. The monoisotopic (exact) mass is 460 g/mol. The van der Waals surface area contributed by atoms with Crippen LogP contribution in [0.3, 0.4) is 0 Å². The predicted molar refractivity (Wildman–Crippen MR) is 117 cm³/mol. The topological polar surface area (TPSA) is 42.0 Å². The molecule has 1 fully saturated rings. The fraction of sp³-hybridized carbons (Fsp3) is 0.238. The molecule has 0 bridgehead atoms. The van der Waals surface area contributed by atoms with Crippen molar-refractivity contribution in [1.29, 1.82) is 0 Å². The van der Waals surface area contributed by atoms with E-state index >= 15 is 0 Å². The van der Waals surface area contributed by atoms with Crippen molar-refractivity contribution in [2.45, 2.75) is 13.5 Å².